The maximum atomic E-state index is 10.2. The lowest BCUT2D eigenvalue weighted by atomic mass is 9.73. The van der Waals surface area contributed by atoms with E-state index in [-0.39, 0.29) is 0 Å². The second-order valence-electron chi connectivity index (χ2n) is 5.98. The van der Waals surface area contributed by atoms with E-state index in [1.807, 2.05) is 30.3 Å². The molecule has 0 heterocycles. The summed E-state index contributed by atoms with van der Waals surface area (Å²) >= 11 is 0. The minimum Gasteiger partial charge on any atom is -0.325 e. The van der Waals surface area contributed by atoms with Crippen molar-refractivity contribution in [2.75, 3.05) is 0 Å². The molecule has 0 amide bonds. The van der Waals surface area contributed by atoms with Crippen molar-refractivity contribution in [2.24, 2.45) is 17.3 Å². The van der Waals surface area contributed by atoms with Gasteiger partial charge in [-0.15, -0.1) is 0 Å². The Balaban J connectivity index is 0.000000138. The summed E-state index contributed by atoms with van der Waals surface area (Å²) in [5.74, 6) is 1.85. The number of rotatable bonds is 1. The second-order valence-corrected chi connectivity index (χ2v) is 6.88. The zero-order valence-electron chi connectivity index (χ0n) is 11.4. The number of allylic oxidation sites excluding steroid dienone is 1. The maximum absolute atomic E-state index is 10.2. The molecule has 2 fully saturated rings. The highest BCUT2D eigenvalue weighted by Gasteiger charge is 2.47. The van der Waals surface area contributed by atoms with Crippen molar-refractivity contribution in [3.63, 3.8) is 0 Å². The monoisotopic (exact) mass is 262 g/mol. The van der Waals surface area contributed by atoms with E-state index in [0.717, 1.165) is 17.1 Å². The van der Waals surface area contributed by atoms with Gasteiger partial charge in [-0.3, -0.25) is 0 Å². The van der Waals surface area contributed by atoms with Gasteiger partial charge in [0.1, 0.15) is 0 Å². The molecule has 3 rings (SSSR count). The van der Waals surface area contributed by atoms with Gasteiger partial charge in [-0.25, -0.2) is 0 Å². The fourth-order valence-corrected chi connectivity index (χ4v) is 3.65. The molecule has 2 aliphatic rings. The Hall–Kier alpha value is -0.810. The minimum atomic E-state index is -0.739. The first-order valence-electron chi connectivity index (χ1n) is 6.75. The standard InChI is InChI=1S/C10H16.C6H7OP/c1-7-8-4-5-9(6-8)10(7,2)3;7-8-6-4-2-1-3-5-6/h8-9H,1,4-6H2,2-3H3;1-5H,8H2. The molecule has 2 heteroatoms. The van der Waals surface area contributed by atoms with E-state index < -0.39 is 8.46 Å². The molecule has 0 aromatic heterocycles. The Morgan fingerprint density at radius 3 is 2.22 bits per heavy atom. The normalized spacial score (nSPS) is 28.4. The number of benzene rings is 1. The van der Waals surface area contributed by atoms with Gasteiger partial charge in [0, 0.05) is 5.30 Å². The summed E-state index contributed by atoms with van der Waals surface area (Å²) in [6.45, 7) is 8.91. The quantitative estimate of drug-likeness (QED) is 0.551. The molecular formula is C16H23OP. The van der Waals surface area contributed by atoms with Gasteiger partial charge in [0.15, 0.2) is 0 Å². The summed E-state index contributed by atoms with van der Waals surface area (Å²) in [6, 6.07) is 9.42. The summed E-state index contributed by atoms with van der Waals surface area (Å²) < 4.78 is 10.2. The third-order valence-electron chi connectivity index (χ3n) is 4.71. The van der Waals surface area contributed by atoms with Gasteiger partial charge in [-0.1, -0.05) is 56.3 Å². The van der Waals surface area contributed by atoms with Crippen LogP contribution in [0.5, 0.6) is 0 Å². The third-order valence-corrected chi connectivity index (χ3v) is 5.37. The average molecular weight is 262 g/mol. The van der Waals surface area contributed by atoms with Crippen LogP contribution in [0.2, 0.25) is 0 Å². The van der Waals surface area contributed by atoms with Crippen LogP contribution in [0.4, 0.5) is 0 Å². The molecule has 1 nitrogen and oxygen atoms in total. The highest BCUT2D eigenvalue weighted by molar-refractivity contribution is 7.34. The van der Waals surface area contributed by atoms with Crippen molar-refractivity contribution in [3.8, 4) is 0 Å². The van der Waals surface area contributed by atoms with Crippen LogP contribution < -0.4 is 5.30 Å². The zero-order chi connectivity index (χ0) is 13.2. The fourth-order valence-electron chi connectivity index (χ4n) is 3.27. The summed E-state index contributed by atoms with van der Waals surface area (Å²) in [5.41, 5.74) is 2.01. The predicted molar refractivity (Wildman–Crippen MR) is 80.2 cm³/mol. The summed E-state index contributed by atoms with van der Waals surface area (Å²) in [7, 11) is -0.739. The molecule has 0 saturated heterocycles. The van der Waals surface area contributed by atoms with E-state index in [1.165, 1.54) is 24.8 Å². The van der Waals surface area contributed by atoms with E-state index in [9.17, 15) is 4.57 Å². The zero-order valence-corrected chi connectivity index (χ0v) is 12.5. The highest BCUT2D eigenvalue weighted by Crippen LogP contribution is 2.58. The Labute approximate surface area is 112 Å². The predicted octanol–water partition coefficient (Wildman–Crippen LogP) is 4.07. The van der Waals surface area contributed by atoms with E-state index in [4.69, 9.17) is 0 Å². The first-order chi connectivity index (χ1) is 8.55. The summed E-state index contributed by atoms with van der Waals surface area (Å²) in [4.78, 5) is 0. The van der Waals surface area contributed by atoms with Crippen molar-refractivity contribution in [2.45, 2.75) is 33.1 Å². The Morgan fingerprint density at radius 1 is 1.22 bits per heavy atom. The number of hydrogen-bond donors (Lipinski definition) is 0. The summed E-state index contributed by atoms with van der Waals surface area (Å²) in [6.07, 6.45) is 4.31. The third kappa shape index (κ3) is 2.62. The van der Waals surface area contributed by atoms with Gasteiger partial charge in [0.05, 0.1) is 8.46 Å². The van der Waals surface area contributed by atoms with Crippen LogP contribution in [0.1, 0.15) is 33.1 Å². The molecule has 0 aliphatic heterocycles. The van der Waals surface area contributed by atoms with E-state index >= 15 is 0 Å². The Kier molecular flexibility index (Phi) is 4.12. The van der Waals surface area contributed by atoms with Crippen LogP contribution in [0, 0.1) is 17.3 Å². The first-order valence-corrected chi connectivity index (χ1v) is 7.80. The number of fused-ring (bicyclic) bond motifs is 2. The molecule has 3 atom stereocenters. The van der Waals surface area contributed by atoms with Gasteiger partial charge >= 0.3 is 0 Å². The molecule has 0 N–H and O–H groups in total. The van der Waals surface area contributed by atoms with Crippen LogP contribution in [0.3, 0.4) is 0 Å². The molecular weight excluding hydrogens is 239 g/mol. The van der Waals surface area contributed by atoms with E-state index in [0.29, 0.717) is 5.41 Å². The van der Waals surface area contributed by atoms with Crippen molar-refractivity contribution >= 4 is 13.8 Å². The van der Waals surface area contributed by atoms with Gasteiger partial charge in [-0.2, -0.15) is 0 Å². The topological polar surface area (TPSA) is 17.1 Å². The molecule has 2 aliphatic carbocycles. The molecule has 0 spiro atoms. The Bertz CT molecular complexity index is 436. The molecule has 98 valence electrons. The van der Waals surface area contributed by atoms with Crippen LogP contribution in [-0.2, 0) is 4.57 Å². The van der Waals surface area contributed by atoms with Crippen LogP contribution in [0.15, 0.2) is 42.5 Å². The molecule has 18 heavy (non-hydrogen) atoms. The summed E-state index contributed by atoms with van der Waals surface area (Å²) in [5, 5.41) is 0.938. The van der Waals surface area contributed by atoms with Crippen LogP contribution >= 0.6 is 8.46 Å². The van der Waals surface area contributed by atoms with Crippen LogP contribution in [-0.4, -0.2) is 0 Å². The van der Waals surface area contributed by atoms with Crippen molar-refractivity contribution in [1.29, 1.82) is 0 Å². The SMILES string of the molecule is C=C1C2CCC(C2)C1(C)C.O=[PH2]c1ccccc1. The maximum Gasteiger partial charge on any atom is 0.0921 e. The average Bonchev–Trinajstić information content (AvgIpc) is 2.95. The van der Waals surface area contributed by atoms with Gasteiger partial charge in [0.25, 0.3) is 0 Å². The first kappa shape index (κ1) is 13.6. The van der Waals surface area contributed by atoms with Crippen molar-refractivity contribution < 1.29 is 4.57 Å². The fraction of sp³-hybridized carbons (Fsp3) is 0.500. The highest BCUT2D eigenvalue weighted by atomic mass is 31.1. The number of hydrogen-bond acceptors (Lipinski definition) is 1. The lowest BCUT2D eigenvalue weighted by Gasteiger charge is -2.31. The molecule has 2 saturated carbocycles. The van der Waals surface area contributed by atoms with E-state index in [2.05, 4.69) is 20.4 Å². The van der Waals surface area contributed by atoms with Gasteiger partial charge < -0.3 is 4.57 Å². The van der Waals surface area contributed by atoms with Gasteiger partial charge in [-0.05, 0) is 36.5 Å². The smallest absolute Gasteiger partial charge is 0.0921 e. The second kappa shape index (κ2) is 5.45. The molecule has 3 unspecified atom stereocenters. The molecule has 1 aromatic rings. The lowest BCUT2D eigenvalue weighted by Crippen LogP contribution is -2.21. The van der Waals surface area contributed by atoms with Crippen molar-refractivity contribution in [1.82, 2.24) is 0 Å². The van der Waals surface area contributed by atoms with E-state index in [1.54, 1.807) is 0 Å². The largest absolute Gasteiger partial charge is 0.325 e. The van der Waals surface area contributed by atoms with Gasteiger partial charge in [0.2, 0.25) is 0 Å². The van der Waals surface area contributed by atoms with Crippen molar-refractivity contribution in [3.05, 3.63) is 42.5 Å². The lowest BCUT2D eigenvalue weighted by molar-refractivity contribution is 0.289. The molecule has 0 radical (unpaired) electrons. The molecule has 2 bridgehead atoms. The van der Waals surface area contributed by atoms with Crippen LogP contribution in [0.25, 0.3) is 0 Å². The molecule has 1 aromatic carbocycles. The Morgan fingerprint density at radius 2 is 1.89 bits per heavy atom. The minimum absolute atomic E-state index is 0.475.